The van der Waals surface area contributed by atoms with Gasteiger partial charge in [-0.15, -0.1) is 0 Å². The third-order valence-electron chi connectivity index (χ3n) is 5.99. The van der Waals surface area contributed by atoms with E-state index in [0.29, 0.717) is 25.6 Å². The average Bonchev–Trinajstić information content (AvgIpc) is 2.67. The molecule has 2 fully saturated rings. The average molecular weight is 389 g/mol. The van der Waals surface area contributed by atoms with Crippen molar-refractivity contribution in [2.45, 2.75) is 32.2 Å². The van der Waals surface area contributed by atoms with E-state index < -0.39 is 5.97 Å². The Morgan fingerprint density at radius 1 is 1.18 bits per heavy atom. The van der Waals surface area contributed by atoms with Gasteiger partial charge in [0.15, 0.2) is 0 Å². The highest BCUT2D eigenvalue weighted by atomic mass is 16.4. The van der Waals surface area contributed by atoms with Gasteiger partial charge >= 0.3 is 12.0 Å². The summed E-state index contributed by atoms with van der Waals surface area (Å²) in [7, 11) is 2.14. The van der Waals surface area contributed by atoms with Crippen LogP contribution in [0.1, 0.15) is 24.8 Å². The number of hydrogen-bond donors (Lipinski definition) is 2. The van der Waals surface area contributed by atoms with E-state index in [9.17, 15) is 9.59 Å². The van der Waals surface area contributed by atoms with Gasteiger partial charge in [-0.1, -0.05) is 12.1 Å². The summed E-state index contributed by atoms with van der Waals surface area (Å²) in [4.78, 5) is 30.6. The van der Waals surface area contributed by atoms with Crippen molar-refractivity contribution in [1.82, 2.24) is 14.7 Å². The molecule has 2 saturated heterocycles. The summed E-state index contributed by atoms with van der Waals surface area (Å²) in [6.07, 6.45) is 1.66. The topological polar surface area (TPSA) is 76.1 Å². The molecular weight excluding hydrogens is 356 g/mol. The Hall–Kier alpha value is -2.12. The number of benzene rings is 1. The molecule has 2 heterocycles. The molecule has 2 N–H and O–H groups in total. The van der Waals surface area contributed by atoms with Crippen LogP contribution < -0.4 is 5.32 Å². The fraction of sp³-hybridized carbons (Fsp3) is 0.619. The van der Waals surface area contributed by atoms with E-state index in [-0.39, 0.29) is 18.4 Å². The Morgan fingerprint density at radius 3 is 2.61 bits per heavy atom. The number of rotatable bonds is 5. The molecule has 0 spiro atoms. The van der Waals surface area contributed by atoms with Crippen LogP contribution in [-0.4, -0.2) is 84.2 Å². The summed E-state index contributed by atoms with van der Waals surface area (Å²) in [6, 6.07) is 8.04. The van der Waals surface area contributed by atoms with Crippen molar-refractivity contribution < 1.29 is 14.7 Å². The Kier molecular flexibility index (Phi) is 6.91. The van der Waals surface area contributed by atoms with Crippen molar-refractivity contribution in [2.24, 2.45) is 5.92 Å². The minimum absolute atomic E-state index is 0.0947. The second-order valence-electron chi connectivity index (χ2n) is 8.13. The van der Waals surface area contributed by atoms with Gasteiger partial charge < -0.3 is 20.2 Å². The number of carbonyl (C=O) groups is 2. The highest BCUT2D eigenvalue weighted by molar-refractivity contribution is 5.89. The van der Waals surface area contributed by atoms with Gasteiger partial charge in [-0.2, -0.15) is 0 Å². The highest BCUT2D eigenvalue weighted by Crippen LogP contribution is 2.27. The third kappa shape index (κ3) is 5.45. The summed E-state index contributed by atoms with van der Waals surface area (Å²) in [5.74, 6) is -0.574. The summed E-state index contributed by atoms with van der Waals surface area (Å²) < 4.78 is 0. The molecule has 28 heavy (non-hydrogen) atoms. The zero-order valence-corrected chi connectivity index (χ0v) is 16.9. The van der Waals surface area contributed by atoms with E-state index in [2.05, 4.69) is 22.2 Å². The fourth-order valence-corrected chi connectivity index (χ4v) is 4.36. The number of piperazine rings is 1. The number of aryl methyl sites for hydroxylation is 1. The number of urea groups is 1. The van der Waals surface area contributed by atoms with Crippen LogP contribution in [0, 0.1) is 12.8 Å². The van der Waals surface area contributed by atoms with Crippen molar-refractivity contribution in [2.75, 3.05) is 51.6 Å². The van der Waals surface area contributed by atoms with Gasteiger partial charge in [0, 0.05) is 57.4 Å². The highest BCUT2D eigenvalue weighted by Gasteiger charge is 2.36. The Balaban J connectivity index is 1.64. The summed E-state index contributed by atoms with van der Waals surface area (Å²) in [6.45, 7) is 7.43. The maximum Gasteiger partial charge on any atom is 0.321 e. The second-order valence-corrected chi connectivity index (χ2v) is 8.13. The van der Waals surface area contributed by atoms with Crippen LogP contribution in [-0.2, 0) is 4.79 Å². The summed E-state index contributed by atoms with van der Waals surface area (Å²) >= 11 is 0. The molecule has 0 saturated carbocycles. The van der Waals surface area contributed by atoms with Gasteiger partial charge in [0.1, 0.15) is 0 Å². The predicted octanol–water partition coefficient (Wildman–Crippen LogP) is 2.33. The Labute approximate surface area is 167 Å². The number of hydrogen-bond acceptors (Lipinski definition) is 4. The first-order valence-corrected chi connectivity index (χ1v) is 10.2. The van der Waals surface area contributed by atoms with Gasteiger partial charge in [-0.05, 0) is 50.4 Å². The van der Waals surface area contributed by atoms with Crippen LogP contribution in [0.15, 0.2) is 24.3 Å². The molecule has 0 aliphatic carbocycles. The summed E-state index contributed by atoms with van der Waals surface area (Å²) in [5.41, 5.74) is 1.90. The van der Waals surface area contributed by atoms with Crippen LogP contribution >= 0.6 is 0 Å². The number of nitrogens with one attached hydrogen (secondary N) is 1. The molecule has 154 valence electrons. The van der Waals surface area contributed by atoms with Gasteiger partial charge in [0.05, 0.1) is 0 Å². The quantitative estimate of drug-likeness (QED) is 0.810. The van der Waals surface area contributed by atoms with E-state index >= 15 is 0 Å². The molecule has 2 amide bonds. The molecule has 7 nitrogen and oxygen atoms in total. The Morgan fingerprint density at radius 2 is 1.93 bits per heavy atom. The van der Waals surface area contributed by atoms with Crippen molar-refractivity contribution in [3.05, 3.63) is 29.8 Å². The lowest BCUT2D eigenvalue weighted by Crippen LogP contribution is -2.57. The molecule has 0 aromatic heterocycles. The molecule has 0 radical (unpaired) electrons. The number of likely N-dealkylation sites (N-methyl/N-ethyl adjacent to an activating group) is 1. The maximum atomic E-state index is 12.8. The smallest absolute Gasteiger partial charge is 0.321 e. The molecule has 2 aliphatic heterocycles. The van der Waals surface area contributed by atoms with E-state index in [1.807, 2.05) is 36.1 Å². The number of carbonyl (C=O) groups excluding carboxylic acids is 1. The van der Waals surface area contributed by atoms with E-state index in [4.69, 9.17) is 5.11 Å². The fourth-order valence-electron chi connectivity index (χ4n) is 4.36. The maximum absolute atomic E-state index is 12.8. The van der Waals surface area contributed by atoms with Crippen LogP contribution in [0.5, 0.6) is 0 Å². The molecule has 0 unspecified atom stereocenters. The first-order chi connectivity index (χ1) is 13.4. The zero-order valence-electron chi connectivity index (χ0n) is 16.9. The van der Waals surface area contributed by atoms with Crippen LogP contribution in [0.4, 0.5) is 10.5 Å². The first-order valence-electron chi connectivity index (χ1n) is 10.2. The standard InChI is InChI=1S/C21H32N4O3/c1-16-4-3-5-18(14-16)22-21(28)25-9-8-19(17(15-25)6-7-20(26)27)24-12-10-23(2)11-13-24/h3-5,14,17,19H,6-13,15H2,1-2H3,(H,22,28)(H,26,27)/t17-,19+/m1/s1. The van der Waals surface area contributed by atoms with E-state index in [0.717, 1.165) is 43.9 Å². The molecule has 0 bridgehead atoms. The first kappa shape index (κ1) is 20.6. The van der Waals surface area contributed by atoms with Crippen molar-refractivity contribution in [1.29, 1.82) is 0 Å². The number of likely N-dealkylation sites (tertiary alicyclic amines) is 1. The number of carboxylic acids is 1. The third-order valence-corrected chi connectivity index (χ3v) is 5.99. The van der Waals surface area contributed by atoms with Crippen LogP contribution in [0.3, 0.4) is 0 Å². The molecule has 1 aromatic carbocycles. The van der Waals surface area contributed by atoms with E-state index in [1.165, 1.54) is 0 Å². The SMILES string of the molecule is Cc1cccc(NC(=O)N2CC[C@H](N3CCN(C)CC3)[C@H](CCC(=O)O)C2)c1. The number of anilines is 1. The van der Waals surface area contributed by atoms with Gasteiger partial charge in [-0.3, -0.25) is 9.69 Å². The van der Waals surface area contributed by atoms with Gasteiger partial charge in [-0.25, -0.2) is 4.79 Å². The number of nitrogens with zero attached hydrogens (tertiary/aromatic N) is 3. The molecule has 1 aromatic rings. The van der Waals surface area contributed by atoms with Gasteiger partial charge in [0.25, 0.3) is 0 Å². The van der Waals surface area contributed by atoms with E-state index in [1.54, 1.807) is 0 Å². The molecular formula is C21H32N4O3. The van der Waals surface area contributed by atoms with Crippen molar-refractivity contribution in [3.63, 3.8) is 0 Å². The number of piperidine rings is 1. The van der Waals surface area contributed by atoms with Crippen molar-refractivity contribution >= 4 is 17.7 Å². The largest absolute Gasteiger partial charge is 0.481 e. The lowest BCUT2D eigenvalue weighted by Gasteiger charge is -2.46. The monoisotopic (exact) mass is 388 g/mol. The van der Waals surface area contributed by atoms with Crippen molar-refractivity contribution in [3.8, 4) is 0 Å². The molecule has 2 atom stereocenters. The zero-order chi connectivity index (χ0) is 20.1. The minimum Gasteiger partial charge on any atom is -0.481 e. The summed E-state index contributed by atoms with van der Waals surface area (Å²) in [5, 5.41) is 12.1. The Bertz CT molecular complexity index is 688. The lowest BCUT2D eigenvalue weighted by atomic mass is 9.86. The molecule has 7 heteroatoms. The normalized spacial score (nSPS) is 24.1. The minimum atomic E-state index is -0.765. The van der Waals surface area contributed by atoms with Crippen LogP contribution in [0.25, 0.3) is 0 Å². The number of aliphatic carboxylic acids is 1. The number of amides is 2. The van der Waals surface area contributed by atoms with Crippen LogP contribution in [0.2, 0.25) is 0 Å². The molecule has 3 rings (SSSR count). The molecule has 2 aliphatic rings. The number of carboxylic acid groups (broad SMARTS) is 1. The lowest BCUT2D eigenvalue weighted by molar-refractivity contribution is -0.137. The van der Waals surface area contributed by atoms with Gasteiger partial charge in [0.2, 0.25) is 0 Å². The predicted molar refractivity (Wildman–Crippen MR) is 110 cm³/mol. The second kappa shape index (κ2) is 9.39.